The van der Waals surface area contributed by atoms with Crippen molar-refractivity contribution in [2.24, 2.45) is 11.1 Å². The molecule has 6 heteroatoms. The van der Waals surface area contributed by atoms with E-state index in [0.717, 1.165) is 0 Å². The van der Waals surface area contributed by atoms with Gasteiger partial charge in [0.2, 0.25) is 11.7 Å². The van der Waals surface area contributed by atoms with Crippen molar-refractivity contribution in [1.82, 2.24) is 10.1 Å². The molecule has 0 aromatic carbocycles. The average molecular weight is 241 g/mol. The smallest absolute Gasteiger partial charge is 0.244 e. The van der Waals surface area contributed by atoms with Crippen LogP contribution < -0.4 is 5.73 Å². The lowest BCUT2D eigenvalue weighted by molar-refractivity contribution is -0.0941. The standard InChI is InChI=1S/C11H19N3O3/c1-11(2,3)8(12)10-13-9(14-17-10)7-6-15-4-5-16-7/h7-8H,4-6,12H2,1-3H3. The second-order valence-corrected chi connectivity index (χ2v) is 5.27. The van der Waals surface area contributed by atoms with Crippen LogP contribution in [-0.2, 0) is 9.47 Å². The van der Waals surface area contributed by atoms with Gasteiger partial charge in [-0.2, -0.15) is 4.98 Å². The molecule has 0 amide bonds. The topological polar surface area (TPSA) is 83.4 Å². The molecule has 2 rings (SSSR count). The molecule has 2 atom stereocenters. The Bertz CT molecular complexity index is 366. The van der Waals surface area contributed by atoms with Crippen LogP contribution in [0.15, 0.2) is 4.52 Å². The summed E-state index contributed by atoms with van der Waals surface area (Å²) in [6, 6.07) is -0.284. The predicted octanol–water partition coefficient (Wildman–Crippen LogP) is 1.20. The summed E-state index contributed by atoms with van der Waals surface area (Å²) in [5, 5.41) is 3.90. The van der Waals surface area contributed by atoms with Crippen LogP contribution >= 0.6 is 0 Å². The van der Waals surface area contributed by atoms with Gasteiger partial charge in [0.15, 0.2) is 0 Å². The summed E-state index contributed by atoms with van der Waals surface area (Å²) in [5.41, 5.74) is 5.93. The normalized spacial score (nSPS) is 23.6. The van der Waals surface area contributed by atoms with E-state index in [-0.39, 0.29) is 17.6 Å². The van der Waals surface area contributed by atoms with Crippen LogP contribution in [0.4, 0.5) is 0 Å². The molecule has 2 N–H and O–H groups in total. The van der Waals surface area contributed by atoms with E-state index in [1.165, 1.54) is 0 Å². The lowest BCUT2D eigenvalue weighted by atomic mass is 9.87. The van der Waals surface area contributed by atoms with Crippen LogP contribution in [0.2, 0.25) is 0 Å². The Morgan fingerprint density at radius 1 is 1.35 bits per heavy atom. The van der Waals surface area contributed by atoms with Gasteiger partial charge in [0, 0.05) is 0 Å². The molecule has 0 aliphatic carbocycles. The fourth-order valence-electron chi connectivity index (χ4n) is 1.51. The maximum absolute atomic E-state index is 6.05. The number of rotatable bonds is 2. The van der Waals surface area contributed by atoms with Gasteiger partial charge >= 0.3 is 0 Å². The van der Waals surface area contributed by atoms with Crippen molar-refractivity contribution >= 4 is 0 Å². The zero-order chi connectivity index (χ0) is 12.5. The van der Waals surface area contributed by atoms with Crippen LogP contribution in [0.5, 0.6) is 0 Å². The molecule has 1 fully saturated rings. The van der Waals surface area contributed by atoms with E-state index >= 15 is 0 Å². The first-order valence-corrected chi connectivity index (χ1v) is 5.77. The third-order valence-electron chi connectivity index (χ3n) is 2.76. The minimum absolute atomic E-state index is 0.117. The summed E-state index contributed by atoms with van der Waals surface area (Å²) in [5.74, 6) is 0.959. The Kier molecular flexibility index (Phi) is 3.46. The largest absolute Gasteiger partial charge is 0.376 e. The molecule has 17 heavy (non-hydrogen) atoms. The third-order valence-corrected chi connectivity index (χ3v) is 2.76. The Morgan fingerprint density at radius 3 is 2.71 bits per heavy atom. The molecule has 1 saturated heterocycles. The number of nitrogens with two attached hydrogens (primary N) is 1. The van der Waals surface area contributed by atoms with E-state index in [4.69, 9.17) is 19.7 Å². The van der Waals surface area contributed by atoms with Gasteiger partial charge < -0.3 is 19.7 Å². The number of hydrogen-bond donors (Lipinski definition) is 1. The maximum Gasteiger partial charge on any atom is 0.244 e. The summed E-state index contributed by atoms with van der Waals surface area (Å²) in [6.45, 7) is 7.72. The molecular formula is C11H19N3O3. The van der Waals surface area contributed by atoms with Crippen molar-refractivity contribution in [2.75, 3.05) is 19.8 Å². The fraction of sp³-hybridized carbons (Fsp3) is 0.818. The van der Waals surface area contributed by atoms with Crippen molar-refractivity contribution in [2.45, 2.75) is 32.9 Å². The quantitative estimate of drug-likeness (QED) is 0.837. The van der Waals surface area contributed by atoms with E-state index in [1.54, 1.807) is 0 Å². The monoisotopic (exact) mass is 241 g/mol. The minimum atomic E-state index is -0.284. The summed E-state index contributed by atoms with van der Waals surface area (Å²) in [4.78, 5) is 4.29. The summed E-state index contributed by atoms with van der Waals surface area (Å²) < 4.78 is 16.0. The Hall–Kier alpha value is -0.980. The van der Waals surface area contributed by atoms with E-state index in [2.05, 4.69) is 10.1 Å². The van der Waals surface area contributed by atoms with Crippen LogP contribution in [0.25, 0.3) is 0 Å². The van der Waals surface area contributed by atoms with Gasteiger partial charge in [-0.05, 0) is 5.41 Å². The Morgan fingerprint density at radius 2 is 2.12 bits per heavy atom. The molecule has 1 aromatic heterocycles. The Balaban J connectivity index is 2.10. The molecule has 2 heterocycles. The van der Waals surface area contributed by atoms with Crippen LogP contribution in [-0.4, -0.2) is 30.0 Å². The van der Waals surface area contributed by atoms with Gasteiger partial charge in [-0.1, -0.05) is 25.9 Å². The first-order chi connectivity index (χ1) is 7.98. The van der Waals surface area contributed by atoms with Gasteiger partial charge in [-0.25, -0.2) is 0 Å². The zero-order valence-corrected chi connectivity index (χ0v) is 10.5. The highest BCUT2D eigenvalue weighted by molar-refractivity contribution is 4.99. The summed E-state index contributed by atoms with van der Waals surface area (Å²) >= 11 is 0. The second-order valence-electron chi connectivity index (χ2n) is 5.27. The lowest BCUT2D eigenvalue weighted by Crippen LogP contribution is -2.27. The van der Waals surface area contributed by atoms with Gasteiger partial charge in [-0.15, -0.1) is 0 Å². The van der Waals surface area contributed by atoms with Gasteiger partial charge in [0.05, 0.1) is 25.9 Å². The molecule has 0 radical (unpaired) electrons. The van der Waals surface area contributed by atoms with Gasteiger partial charge in [0.1, 0.15) is 6.10 Å². The molecule has 0 spiro atoms. The second kappa shape index (κ2) is 4.72. The van der Waals surface area contributed by atoms with Gasteiger partial charge in [0.25, 0.3) is 0 Å². The molecule has 1 aromatic rings. The Labute approximate surface area is 100 Å². The highest BCUT2D eigenvalue weighted by Gasteiger charge is 2.29. The van der Waals surface area contributed by atoms with Crippen LogP contribution in [0.3, 0.4) is 0 Å². The fourth-order valence-corrected chi connectivity index (χ4v) is 1.51. The van der Waals surface area contributed by atoms with Crippen molar-refractivity contribution in [3.8, 4) is 0 Å². The van der Waals surface area contributed by atoms with E-state index in [0.29, 0.717) is 31.5 Å². The first-order valence-electron chi connectivity index (χ1n) is 5.77. The number of hydrogen-bond acceptors (Lipinski definition) is 6. The van der Waals surface area contributed by atoms with Crippen molar-refractivity contribution in [3.05, 3.63) is 11.7 Å². The third kappa shape index (κ3) is 2.83. The zero-order valence-electron chi connectivity index (χ0n) is 10.5. The lowest BCUT2D eigenvalue weighted by Gasteiger charge is -2.23. The molecule has 1 aliphatic rings. The van der Waals surface area contributed by atoms with Crippen LogP contribution in [0, 0.1) is 5.41 Å². The first kappa shape index (κ1) is 12.5. The molecular weight excluding hydrogens is 222 g/mol. The summed E-state index contributed by atoms with van der Waals surface area (Å²) in [6.07, 6.45) is -0.242. The molecule has 0 bridgehead atoms. The number of ether oxygens (including phenoxy) is 2. The van der Waals surface area contributed by atoms with Crippen molar-refractivity contribution < 1.29 is 14.0 Å². The summed E-state index contributed by atoms with van der Waals surface area (Å²) in [7, 11) is 0. The molecule has 96 valence electrons. The average Bonchev–Trinajstić information content (AvgIpc) is 2.77. The van der Waals surface area contributed by atoms with E-state index < -0.39 is 0 Å². The highest BCUT2D eigenvalue weighted by Crippen LogP contribution is 2.30. The minimum Gasteiger partial charge on any atom is -0.376 e. The van der Waals surface area contributed by atoms with E-state index in [1.807, 2.05) is 20.8 Å². The van der Waals surface area contributed by atoms with E-state index in [9.17, 15) is 0 Å². The predicted molar refractivity (Wildman–Crippen MR) is 60.2 cm³/mol. The van der Waals surface area contributed by atoms with Crippen LogP contribution in [0.1, 0.15) is 44.6 Å². The number of nitrogens with zero attached hydrogens (tertiary/aromatic N) is 2. The SMILES string of the molecule is CC(C)(C)C(N)c1nc(C2COCCO2)no1. The molecule has 1 aliphatic heterocycles. The highest BCUT2D eigenvalue weighted by atomic mass is 16.6. The molecule has 6 nitrogen and oxygen atoms in total. The maximum atomic E-state index is 6.05. The van der Waals surface area contributed by atoms with Gasteiger partial charge in [-0.3, -0.25) is 0 Å². The number of aromatic nitrogens is 2. The molecule has 2 unspecified atom stereocenters. The van der Waals surface area contributed by atoms with Crippen molar-refractivity contribution in [3.63, 3.8) is 0 Å². The van der Waals surface area contributed by atoms with Crippen molar-refractivity contribution in [1.29, 1.82) is 0 Å². The molecule has 0 saturated carbocycles.